The van der Waals surface area contributed by atoms with Crippen LogP contribution in [-0.4, -0.2) is 4.57 Å². The van der Waals surface area contributed by atoms with Crippen LogP contribution in [0.25, 0.3) is 102 Å². The van der Waals surface area contributed by atoms with Crippen molar-refractivity contribution < 1.29 is 0 Å². The van der Waals surface area contributed by atoms with Crippen molar-refractivity contribution >= 4 is 85.6 Å². The summed E-state index contributed by atoms with van der Waals surface area (Å²) in [6, 6.07) is 61.5. The largest absolute Gasteiger partial charge is 0.309 e. The number of fused-ring (bicyclic) bond motifs is 15. The van der Waals surface area contributed by atoms with Gasteiger partial charge in [0.1, 0.15) is 0 Å². The molecule has 0 fully saturated rings. The molecule has 248 valence electrons. The van der Waals surface area contributed by atoms with Gasteiger partial charge in [0.05, 0.1) is 11.0 Å². The summed E-state index contributed by atoms with van der Waals surface area (Å²) in [5.41, 5.74) is 11.5. The molecule has 0 saturated carbocycles. The summed E-state index contributed by atoms with van der Waals surface area (Å²) in [4.78, 5) is 0. The molecule has 12 rings (SSSR count). The number of nitrogens with zero attached hydrogens (tertiary/aromatic N) is 1. The summed E-state index contributed by atoms with van der Waals surface area (Å²) in [6.07, 6.45) is 0. The molecule has 2 aromatic heterocycles. The van der Waals surface area contributed by atoms with Crippen molar-refractivity contribution in [3.05, 3.63) is 175 Å². The maximum absolute atomic E-state index is 2.52. The van der Waals surface area contributed by atoms with Gasteiger partial charge in [0.15, 0.2) is 0 Å². The topological polar surface area (TPSA) is 4.93 Å². The van der Waals surface area contributed by atoms with Gasteiger partial charge in [0.2, 0.25) is 0 Å². The second kappa shape index (κ2) is 10.4. The third-order valence-electron chi connectivity index (χ3n) is 12.2. The number of aromatic nitrogens is 1. The highest BCUT2D eigenvalue weighted by molar-refractivity contribution is 7.26. The predicted octanol–water partition coefficient (Wildman–Crippen LogP) is 14.6. The number of rotatable bonds is 2. The van der Waals surface area contributed by atoms with Crippen molar-refractivity contribution in [3.63, 3.8) is 0 Å². The molecule has 1 nitrogen and oxygen atoms in total. The number of benzene rings is 9. The number of hydrogen-bond acceptors (Lipinski definition) is 1. The SMILES string of the molecule is CC1(C)c2cc3c4ccccc4c4ccccc4c3cc2-c2cc3c(cc21)c1cc(-c2cccc4c2sc2ccccc24)ccc1n3-c1ccccc1. The fraction of sp³-hybridized carbons (Fsp3) is 0.0588. The van der Waals surface area contributed by atoms with Crippen LogP contribution in [0.3, 0.4) is 0 Å². The van der Waals surface area contributed by atoms with E-state index in [0.29, 0.717) is 0 Å². The van der Waals surface area contributed by atoms with Crippen LogP contribution in [0.2, 0.25) is 0 Å². The molecular weight excluding hydrogens is 659 g/mol. The Kier molecular flexibility index (Phi) is 5.78. The molecule has 0 amide bonds. The molecule has 0 atom stereocenters. The lowest BCUT2D eigenvalue weighted by Gasteiger charge is -2.22. The molecule has 0 spiro atoms. The summed E-state index contributed by atoms with van der Waals surface area (Å²) in [5, 5.41) is 13.2. The molecule has 2 heterocycles. The summed E-state index contributed by atoms with van der Waals surface area (Å²) < 4.78 is 5.16. The van der Waals surface area contributed by atoms with Crippen LogP contribution in [0.4, 0.5) is 0 Å². The van der Waals surface area contributed by atoms with Crippen molar-refractivity contribution in [1.82, 2.24) is 4.57 Å². The van der Waals surface area contributed by atoms with Crippen LogP contribution in [0.5, 0.6) is 0 Å². The molecule has 11 aromatic rings. The summed E-state index contributed by atoms with van der Waals surface area (Å²) in [7, 11) is 0. The first-order chi connectivity index (χ1) is 26.0. The zero-order chi connectivity index (χ0) is 35.0. The normalized spacial score (nSPS) is 13.6. The Morgan fingerprint density at radius 2 is 0.962 bits per heavy atom. The predicted molar refractivity (Wildman–Crippen MR) is 229 cm³/mol. The third kappa shape index (κ3) is 3.91. The van der Waals surface area contributed by atoms with Crippen molar-refractivity contribution in [3.8, 4) is 27.9 Å². The van der Waals surface area contributed by atoms with Gasteiger partial charge in [-0.3, -0.25) is 0 Å². The summed E-state index contributed by atoms with van der Waals surface area (Å²) >= 11 is 1.90. The summed E-state index contributed by atoms with van der Waals surface area (Å²) in [5.74, 6) is 0. The molecule has 1 aliphatic carbocycles. The van der Waals surface area contributed by atoms with Crippen LogP contribution in [0.15, 0.2) is 164 Å². The van der Waals surface area contributed by atoms with Gasteiger partial charge >= 0.3 is 0 Å². The third-order valence-corrected chi connectivity index (χ3v) is 13.4. The van der Waals surface area contributed by atoms with Gasteiger partial charge in [0.25, 0.3) is 0 Å². The van der Waals surface area contributed by atoms with Crippen LogP contribution >= 0.6 is 11.3 Å². The number of thiophene rings is 1. The van der Waals surface area contributed by atoms with Crippen molar-refractivity contribution in [1.29, 1.82) is 0 Å². The Hall–Kier alpha value is -6.22. The van der Waals surface area contributed by atoms with Gasteiger partial charge in [-0.2, -0.15) is 0 Å². The van der Waals surface area contributed by atoms with Crippen LogP contribution in [0.1, 0.15) is 25.0 Å². The van der Waals surface area contributed by atoms with Crippen molar-refractivity contribution in [2.75, 3.05) is 0 Å². The standard InChI is InChI=1S/C51H33NS/c1-51(2)45-27-40-36-18-9-7-16-34(36)33-15-6-8-17-35(33)39(40)26-41(45)42-29-48-44(28-46(42)51)43-25-30(23-24-47(43)52(48)31-13-4-3-5-14-31)32-20-12-21-38-37-19-10-11-22-49(37)53-50(32)38/h3-29H,1-2H3. The van der Waals surface area contributed by atoms with Crippen molar-refractivity contribution in [2.24, 2.45) is 0 Å². The average molecular weight is 692 g/mol. The molecule has 0 N–H and O–H groups in total. The minimum Gasteiger partial charge on any atom is -0.309 e. The Bertz CT molecular complexity index is 3360. The van der Waals surface area contributed by atoms with Crippen molar-refractivity contribution in [2.45, 2.75) is 19.3 Å². The minimum absolute atomic E-state index is 0.165. The van der Waals surface area contributed by atoms with Gasteiger partial charge in [-0.1, -0.05) is 123 Å². The van der Waals surface area contributed by atoms with E-state index in [4.69, 9.17) is 0 Å². The van der Waals surface area contributed by atoms with Crippen LogP contribution < -0.4 is 0 Å². The molecule has 0 radical (unpaired) electrons. The van der Waals surface area contributed by atoms with Crippen LogP contribution in [0, 0.1) is 0 Å². The lowest BCUT2D eigenvalue weighted by molar-refractivity contribution is 0.662. The van der Waals surface area contributed by atoms with Gasteiger partial charge in [0, 0.05) is 42.0 Å². The quantitative estimate of drug-likeness (QED) is 0.159. The first kappa shape index (κ1) is 29.4. The molecule has 0 saturated heterocycles. The smallest absolute Gasteiger partial charge is 0.0547 e. The second-order valence-electron chi connectivity index (χ2n) is 15.3. The van der Waals surface area contributed by atoms with E-state index in [2.05, 4.69) is 182 Å². The maximum Gasteiger partial charge on any atom is 0.0547 e. The molecule has 9 aromatic carbocycles. The lowest BCUT2D eigenvalue weighted by Crippen LogP contribution is -2.15. The highest BCUT2D eigenvalue weighted by atomic mass is 32.1. The fourth-order valence-electron chi connectivity index (χ4n) is 9.64. The Morgan fingerprint density at radius 3 is 1.70 bits per heavy atom. The fourth-order valence-corrected chi connectivity index (χ4v) is 10.9. The molecular formula is C51H33NS. The minimum atomic E-state index is -0.165. The number of para-hydroxylation sites is 1. The molecule has 0 aliphatic heterocycles. The highest BCUT2D eigenvalue weighted by Crippen LogP contribution is 2.53. The lowest BCUT2D eigenvalue weighted by atomic mass is 9.81. The monoisotopic (exact) mass is 691 g/mol. The number of hydrogen-bond donors (Lipinski definition) is 0. The van der Waals surface area contributed by atoms with E-state index in [0.717, 1.165) is 0 Å². The van der Waals surface area contributed by atoms with Gasteiger partial charge in [-0.15, -0.1) is 11.3 Å². The first-order valence-corrected chi connectivity index (χ1v) is 19.3. The summed E-state index contributed by atoms with van der Waals surface area (Å²) in [6.45, 7) is 4.84. The maximum atomic E-state index is 2.52. The second-order valence-corrected chi connectivity index (χ2v) is 16.3. The van der Waals surface area contributed by atoms with E-state index < -0.39 is 0 Å². The van der Waals surface area contributed by atoms with Gasteiger partial charge in [-0.25, -0.2) is 0 Å². The Labute approximate surface area is 311 Å². The molecule has 53 heavy (non-hydrogen) atoms. The van der Waals surface area contributed by atoms with E-state index in [1.54, 1.807) is 0 Å². The molecule has 0 bridgehead atoms. The van der Waals surface area contributed by atoms with E-state index in [1.165, 1.54) is 113 Å². The van der Waals surface area contributed by atoms with E-state index in [1.807, 2.05) is 11.3 Å². The van der Waals surface area contributed by atoms with E-state index >= 15 is 0 Å². The molecule has 2 heteroatoms. The van der Waals surface area contributed by atoms with Crippen LogP contribution in [-0.2, 0) is 5.41 Å². The van der Waals surface area contributed by atoms with E-state index in [-0.39, 0.29) is 5.41 Å². The molecule has 0 unspecified atom stereocenters. The molecule has 1 aliphatic rings. The van der Waals surface area contributed by atoms with Gasteiger partial charge in [-0.05, 0) is 120 Å². The average Bonchev–Trinajstić information content (AvgIpc) is 3.82. The Morgan fingerprint density at radius 1 is 0.396 bits per heavy atom. The van der Waals surface area contributed by atoms with Gasteiger partial charge < -0.3 is 4.57 Å². The highest BCUT2D eigenvalue weighted by Gasteiger charge is 2.37. The zero-order valence-corrected chi connectivity index (χ0v) is 30.3. The zero-order valence-electron chi connectivity index (χ0n) is 29.4. The van der Waals surface area contributed by atoms with E-state index in [9.17, 15) is 0 Å². The Balaban J connectivity index is 1.16. The first-order valence-electron chi connectivity index (χ1n) is 18.5.